The van der Waals surface area contributed by atoms with E-state index in [4.69, 9.17) is 0 Å². The second-order valence-corrected chi connectivity index (χ2v) is 6.58. The molecular formula is C17H22N6O. The maximum atomic E-state index is 12.6. The molecule has 0 radical (unpaired) electrons. The predicted molar refractivity (Wildman–Crippen MR) is 91.1 cm³/mol. The number of likely N-dealkylation sites (N-methyl/N-ethyl adjacent to an activating group) is 1. The average molecular weight is 326 g/mol. The molecule has 24 heavy (non-hydrogen) atoms. The highest BCUT2D eigenvalue weighted by molar-refractivity contribution is 5.89. The van der Waals surface area contributed by atoms with E-state index in [2.05, 4.69) is 27.3 Å². The van der Waals surface area contributed by atoms with E-state index in [1.807, 2.05) is 23.1 Å². The van der Waals surface area contributed by atoms with Crippen LogP contribution in [0, 0.1) is 0 Å². The number of urea groups is 1. The average Bonchev–Trinajstić information content (AvgIpc) is 3.13. The summed E-state index contributed by atoms with van der Waals surface area (Å²) in [6.45, 7) is 1.61. The van der Waals surface area contributed by atoms with Gasteiger partial charge in [0.1, 0.15) is 0 Å². The van der Waals surface area contributed by atoms with Crippen LogP contribution < -0.4 is 5.32 Å². The van der Waals surface area contributed by atoms with Gasteiger partial charge < -0.3 is 10.2 Å². The highest BCUT2D eigenvalue weighted by Crippen LogP contribution is 2.28. The van der Waals surface area contributed by atoms with E-state index in [0.717, 1.165) is 25.3 Å². The number of pyridine rings is 1. The Balaban J connectivity index is 1.42. The molecule has 2 bridgehead atoms. The van der Waals surface area contributed by atoms with E-state index in [1.54, 1.807) is 23.3 Å². The summed E-state index contributed by atoms with van der Waals surface area (Å²) < 4.78 is 1.66. The van der Waals surface area contributed by atoms with Crippen molar-refractivity contribution in [3.63, 3.8) is 0 Å². The first-order valence-electron chi connectivity index (χ1n) is 8.44. The van der Waals surface area contributed by atoms with Gasteiger partial charge in [0.15, 0.2) is 5.82 Å². The molecule has 0 spiro atoms. The Hall–Kier alpha value is -2.41. The number of nitrogens with zero attached hydrogens (tertiary/aromatic N) is 5. The van der Waals surface area contributed by atoms with Gasteiger partial charge in [-0.05, 0) is 38.4 Å². The Bertz CT molecular complexity index is 715. The van der Waals surface area contributed by atoms with Gasteiger partial charge >= 0.3 is 6.03 Å². The molecular weight excluding hydrogens is 304 g/mol. The minimum absolute atomic E-state index is 0.0449. The fraction of sp³-hybridized carbons (Fsp3) is 0.471. The van der Waals surface area contributed by atoms with Gasteiger partial charge in [0.2, 0.25) is 0 Å². The van der Waals surface area contributed by atoms with Crippen LogP contribution in [0.4, 0.5) is 10.5 Å². The minimum atomic E-state index is -0.0449. The number of rotatable bonds is 2. The number of fused-ring (bicyclic) bond motifs is 2. The lowest BCUT2D eigenvalue weighted by Crippen LogP contribution is -2.41. The maximum Gasteiger partial charge on any atom is 0.321 e. The van der Waals surface area contributed by atoms with Crippen molar-refractivity contribution in [2.75, 3.05) is 25.5 Å². The monoisotopic (exact) mass is 326 g/mol. The molecule has 2 amide bonds. The molecule has 7 nitrogen and oxygen atoms in total. The quantitative estimate of drug-likeness (QED) is 0.916. The summed E-state index contributed by atoms with van der Waals surface area (Å²) in [5.41, 5.74) is 0.688. The van der Waals surface area contributed by atoms with Crippen LogP contribution in [0.15, 0.2) is 36.8 Å². The molecule has 0 saturated carbocycles. The molecule has 2 aromatic rings. The predicted octanol–water partition coefficient (Wildman–Crippen LogP) is 1.97. The van der Waals surface area contributed by atoms with Crippen molar-refractivity contribution in [1.82, 2.24) is 24.6 Å². The lowest BCUT2D eigenvalue weighted by molar-refractivity contribution is 0.200. The Morgan fingerprint density at radius 2 is 2.12 bits per heavy atom. The summed E-state index contributed by atoms with van der Waals surface area (Å²) in [7, 11) is 2.18. The molecule has 2 aliphatic rings. The molecule has 0 aliphatic carbocycles. The molecule has 1 N–H and O–H groups in total. The van der Waals surface area contributed by atoms with Gasteiger partial charge in [0.05, 0.1) is 18.1 Å². The van der Waals surface area contributed by atoms with Crippen molar-refractivity contribution in [2.45, 2.75) is 31.3 Å². The van der Waals surface area contributed by atoms with Crippen molar-refractivity contribution in [1.29, 1.82) is 0 Å². The smallest absolute Gasteiger partial charge is 0.321 e. The van der Waals surface area contributed by atoms with E-state index in [0.29, 0.717) is 17.8 Å². The van der Waals surface area contributed by atoms with Crippen LogP contribution in [-0.2, 0) is 0 Å². The van der Waals surface area contributed by atoms with Crippen LogP contribution in [0.25, 0.3) is 5.82 Å². The number of likely N-dealkylation sites (tertiary alicyclic amines) is 1. The molecule has 2 saturated heterocycles. The topological polar surface area (TPSA) is 66.3 Å². The highest BCUT2D eigenvalue weighted by atomic mass is 16.2. The zero-order chi connectivity index (χ0) is 16.5. The maximum absolute atomic E-state index is 12.6. The van der Waals surface area contributed by atoms with Crippen LogP contribution in [0.5, 0.6) is 0 Å². The van der Waals surface area contributed by atoms with E-state index < -0.39 is 0 Å². The van der Waals surface area contributed by atoms with Crippen molar-refractivity contribution in [3.8, 4) is 5.82 Å². The van der Waals surface area contributed by atoms with E-state index in [-0.39, 0.29) is 6.03 Å². The third kappa shape index (κ3) is 2.87. The Kier molecular flexibility index (Phi) is 3.93. The fourth-order valence-corrected chi connectivity index (χ4v) is 3.70. The standard InChI is InChI=1S/C17H22N6O/c1-21-14-5-6-15(21)12-22(9-7-14)17(24)20-13-10-19-23(11-13)16-4-2-3-8-18-16/h2-4,8,10-11,14-15H,5-7,9,12H2,1H3,(H,20,24). The van der Waals surface area contributed by atoms with Gasteiger partial charge in [-0.25, -0.2) is 14.5 Å². The van der Waals surface area contributed by atoms with Crippen LogP contribution in [0.3, 0.4) is 0 Å². The number of hydrogen-bond acceptors (Lipinski definition) is 4. The summed E-state index contributed by atoms with van der Waals surface area (Å²) in [5.74, 6) is 0.728. The van der Waals surface area contributed by atoms with Gasteiger partial charge in [-0.1, -0.05) is 6.07 Å². The summed E-state index contributed by atoms with van der Waals surface area (Å²) in [6.07, 6.45) is 8.65. The molecule has 2 aromatic heterocycles. The van der Waals surface area contributed by atoms with Crippen LogP contribution >= 0.6 is 0 Å². The fourth-order valence-electron chi connectivity index (χ4n) is 3.70. The molecule has 2 aliphatic heterocycles. The van der Waals surface area contributed by atoms with Crippen molar-refractivity contribution >= 4 is 11.7 Å². The molecule has 0 aromatic carbocycles. The first-order chi connectivity index (χ1) is 11.7. The molecule has 2 unspecified atom stereocenters. The molecule has 4 heterocycles. The lowest BCUT2D eigenvalue weighted by Gasteiger charge is -2.25. The largest absolute Gasteiger partial charge is 0.323 e. The summed E-state index contributed by atoms with van der Waals surface area (Å²) in [5, 5.41) is 7.23. The van der Waals surface area contributed by atoms with Crippen molar-refractivity contribution in [2.24, 2.45) is 0 Å². The Morgan fingerprint density at radius 3 is 2.96 bits per heavy atom. The van der Waals surface area contributed by atoms with Gasteiger partial charge in [0, 0.05) is 31.4 Å². The SMILES string of the molecule is CN1C2CCC1CN(C(=O)Nc1cnn(-c3ccccn3)c1)CC2. The highest BCUT2D eigenvalue weighted by Gasteiger charge is 2.35. The third-order valence-electron chi connectivity index (χ3n) is 5.15. The molecule has 7 heteroatoms. The van der Waals surface area contributed by atoms with Gasteiger partial charge in [-0.15, -0.1) is 0 Å². The zero-order valence-electron chi connectivity index (χ0n) is 13.8. The molecule has 2 fully saturated rings. The number of carbonyl (C=O) groups excluding carboxylic acids is 1. The molecule has 4 rings (SSSR count). The van der Waals surface area contributed by atoms with E-state index >= 15 is 0 Å². The first kappa shape index (κ1) is 15.1. The van der Waals surface area contributed by atoms with Crippen LogP contribution in [-0.4, -0.2) is 62.8 Å². The van der Waals surface area contributed by atoms with Crippen molar-refractivity contribution in [3.05, 3.63) is 36.8 Å². The zero-order valence-corrected chi connectivity index (χ0v) is 13.8. The minimum Gasteiger partial charge on any atom is -0.323 e. The van der Waals surface area contributed by atoms with Crippen LogP contribution in [0.2, 0.25) is 0 Å². The summed E-state index contributed by atoms with van der Waals surface area (Å²) in [4.78, 5) is 21.2. The first-order valence-corrected chi connectivity index (χ1v) is 8.44. The number of amides is 2. The molecule has 126 valence electrons. The third-order valence-corrected chi connectivity index (χ3v) is 5.15. The van der Waals surface area contributed by atoms with E-state index in [1.165, 1.54) is 12.8 Å². The normalized spacial score (nSPS) is 24.0. The number of carbonyl (C=O) groups is 1. The number of aromatic nitrogens is 3. The molecule has 2 atom stereocenters. The number of hydrogen-bond donors (Lipinski definition) is 1. The second kappa shape index (κ2) is 6.24. The van der Waals surface area contributed by atoms with Crippen LogP contribution in [0.1, 0.15) is 19.3 Å². The number of anilines is 1. The van der Waals surface area contributed by atoms with Crippen molar-refractivity contribution < 1.29 is 4.79 Å². The van der Waals surface area contributed by atoms with Gasteiger partial charge in [0.25, 0.3) is 0 Å². The van der Waals surface area contributed by atoms with Gasteiger partial charge in [-0.2, -0.15) is 5.10 Å². The number of nitrogens with one attached hydrogen (secondary N) is 1. The summed E-state index contributed by atoms with van der Waals surface area (Å²) >= 11 is 0. The van der Waals surface area contributed by atoms with Gasteiger partial charge in [-0.3, -0.25) is 4.90 Å². The Morgan fingerprint density at radius 1 is 1.25 bits per heavy atom. The summed E-state index contributed by atoms with van der Waals surface area (Å²) in [6, 6.07) is 6.71. The second-order valence-electron chi connectivity index (χ2n) is 6.58. The Labute approximate surface area is 141 Å². The lowest BCUT2D eigenvalue weighted by atomic mass is 10.1. The van der Waals surface area contributed by atoms with E-state index in [9.17, 15) is 4.79 Å².